The van der Waals surface area contributed by atoms with Gasteiger partial charge in [-0.2, -0.15) is 0 Å². The monoisotopic (exact) mass is 325 g/mol. The normalized spacial score (nSPS) is 10.5. The summed E-state index contributed by atoms with van der Waals surface area (Å²) in [6.45, 7) is 9.35. The molecular formula is C21H27NO2. The number of benzene rings is 2. The van der Waals surface area contributed by atoms with Gasteiger partial charge in [0.15, 0.2) is 0 Å². The molecule has 3 nitrogen and oxygen atoms in total. The van der Waals surface area contributed by atoms with Crippen LogP contribution in [0.15, 0.2) is 36.4 Å². The first-order valence-electron chi connectivity index (χ1n) is 8.48. The van der Waals surface area contributed by atoms with Crippen LogP contribution >= 0.6 is 0 Å². The van der Waals surface area contributed by atoms with Crippen LogP contribution in [0.1, 0.15) is 34.2 Å². The topological polar surface area (TPSA) is 38.3 Å². The molecule has 0 saturated heterocycles. The molecule has 0 aromatic heterocycles. The van der Waals surface area contributed by atoms with Gasteiger partial charge < -0.3 is 10.1 Å². The highest BCUT2D eigenvalue weighted by Crippen LogP contribution is 2.16. The van der Waals surface area contributed by atoms with E-state index in [0.717, 1.165) is 12.2 Å². The number of ether oxygens (including phenoxy) is 1. The lowest BCUT2D eigenvalue weighted by molar-refractivity contribution is -0.121. The fourth-order valence-corrected chi connectivity index (χ4v) is 2.47. The van der Waals surface area contributed by atoms with Gasteiger partial charge in [-0.05, 0) is 74.1 Å². The lowest BCUT2D eigenvalue weighted by Crippen LogP contribution is -2.28. The number of carbonyl (C=O) groups excluding carboxylic acids is 1. The zero-order valence-corrected chi connectivity index (χ0v) is 15.1. The Labute approximate surface area is 145 Å². The van der Waals surface area contributed by atoms with Crippen molar-refractivity contribution >= 4 is 5.91 Å². The summed E-state index contributed by atoms with van der Waals surface area (Å²) in [5.41, 5.74) is 6.23. The molecule has 0 unspecified atom stereocenters. The number of nitrogens with one attached hydrogen (secondary N) is 1. The molecule has 3 heteroatoms. The summed E-state index contributed by atoms with van der Waals surface area (Å²) in [5.74, 6) is 0.916. The third-order valence-electron chi connectivity index (χ3n) is 4.38. The number of aryl methyl sites for hydroxylation is 5. The number of carbonyl (C=O) groups is 1. The third-order valence-corrected chi connectivity index (χ3v) is 4.38. The standard InChI is InChI=1S/C21H27NO2/c1-15-5-7-19(13-17(15)3)8-10-21(23)22-11-12-24-20-9-6-16(2)18(4)14-20/h5-7,9,13-14H,8,10-12H2,1-4H3,(H,22,23). The van der Waals surface area contributed by atoms with Gasteiger partial charge in [-0.15, -0.1) is 0 Å². The van der Waals surface area contributed by atoms with Crippen molar-refractivity contribution in [1.29, 1.82) is 0 Å². The minimum absolute atomic E-state index is 0.0666. The van der Waals surface area contributed by atoms with E-state index in [2.05, 4.69) is 51.2 Å². The highest BCUT2D eigenvalue weighted by Gasteiger charge is 2.03. The summed E-state index contributed by atoms with van der Waals surface area (Å²) in [5, 5.41) is 2.91. The van der Waals surface area contributed by atoms with Crippen molar-refractivity contribution in [2.75, 3.05) is 13.2 Å². The number of hydrogen-bond donors (Lipinski definition) is 1. The average molecular weight is 325 g/mol. The van der Waals surface area contributed by atoms with Gasteiger partial charge in [-0.25, -0.2) is 0 Å². The molecule has 0 atom stereocenters. The fourth-order valence-electron chi connectivity index (χ4n) is 2.47. The van der Waals surface area contributed by atoms with Crippen LogP contribution in [-0.2, 0) is 11.2 Å². The molecule has 2 aromatic rings. The molecular weight excluding hydrogens is 298 g/mol. The van der Waals surface area contributed by atoms with Gasteiger partial charge in [0, 0.05) is 6.42 Å². The van der Waals surface area contributed by atoms with Crippen LogP contribution in [0.4, 0.5) is 0 Å². The molecule has 0 bridgehead atoms. The quantitative estimate of drug-likeness (QED) is 0.780. The van der Waals surface area contributed by atoms with Crippen LogP contribution in [0.25, 0.3) is 0 Å². The summed E-state index contributed by atoms with van der Waals surface area (Å²) >= 11 is 0. The van der Waals surface area contributed by atoms with Gasteiger partial charge in [-0.1, -0.05) is 24.3 Å². The van der Waals surface area contributed by atoms with E-state index in [1.807, 2.05) is 18.2 Å². The first kappa shape index (κ1) is 18.1. The van der Waals surface area contributed by atoms with Gasteiger partial charge in [0.2, 0.25) is 5.91 Å². The van der Waals surface area contributed by atoms with Crippen molar-refractivity contribution in [3.8, 4) is 5.75 Å². The van der Waals surface area contributed by atoms with Crippen LogP contribution in [-0.4, -0.2) is 19.1 Å². The van der Waals surface area contributed by atoms with E-state index in [1.165, 1.54) is 27.8 Å². The van der Waals surface area contributed by atoms with Crippen LogP contribution in [0, 0.1) is 27.7 Å². The zero-order valence-electron chi connectivity index (χ0n) is 15.1. The molecule has 0 heterocycles. The van der Waals surface area contributed by atoms with Gasteiger partial charge in [0.05, 0.1) is 6.54 Å². The van der Waals surface area contributed by atoms with Crippen molar-refractivity contribution in [2.24, 2.45) is 0 Å². The third kappa shape index (κ3) is 5.41. The molecule has 0 saturated carbocycles. The second kappa shape index (κ2) is 8.53. The van der Waals surface area contributed by atoms with Crippen LogP contribution in [0.3, 0.4) is 0 Å². The SMILES string of the molecule is Cc1ccc(CCC(=O)NCCOc2ccc(C)c(C)c2)cc1C. The molecule has 2 rings (SSSR count). The summed E-state index contributed by atoms with van der Waals surface area (Å²) in [6, 6.07) is 12.4. The molecule has 128 valence electrons. The first-order chi connectivity index (χ1) is 11.5. The molecule has 0 fully saturated rings. The van der Waals surface area contributed by atoms with E-state index in [1.54, 1.807) is 0 Å². The fraction of sp³-hybridized carbons (Fsp3) is 0.381. The molecule has 2 aromatic carbocycles. The van der Waals surface area contributed by atoms with Crippen molar-refractivity contribution < 1.29 is 9.53 Å². The second-order valence-corrected chi connectivity index (χ2v) is 6.36. The largest absolute Gasteiger partial charge is 0.492 e. The molecule has 0 aliphatic heterocycles. The molecule has 1 amide bonds. The minimum Gasteiger partial charge on any atom is -0.492 e. The Morgan fingerprint density at radius 3 is 2.25 bits per heavy atom. The van der Waals surface area contributed by atoms with Crippen LogP contribution < -0.4 is 10.1 Å². The maximum absolute atomic E-state index is 11.9. The molecule has 24 heavy (non-hydrogen) atoms. The van der Waals surface area contributed by atoms with E-state index in [4.69, 9.17) is 4.74 Å². The average Bonchev–Trinajstić information content (AvgIpc) is 2.56. The van der Waals surface area contributed by atoms with Gasteiger partial charge in [-0.3, -0.25) is 4.79 Å². The van der Waals surface area contributed by atoms with Crippen molar-refractivity contribution in [3.63, 3.8) is 0 Å². The molecule has 1 N–H and O–H groups in total. The Morgan fingerprint density at radius 2 is 1.58 bits per heavy atom. The van der Waals surface area contributed by atoms with Crippen LogP contribution in [0.2, 0.25) is 0 Å². The van der Waals surface area contributed by atoms with Gasteiger partial charge >= 0.3 is 0 Å². The smallest absolute Gasteiger partial charge is 0.220 e. The highest BCUT2D eigenvalue weighted by atomic mass is 16.5. The van der Waals surface area contributed by atoms with Gasteiger partial charge in [0.25, 0.3) is 0 Å². The Kier molecular flexibility index (Phi) is 6.42. The molecule has 0 aliphatic rings. The van der Waals surface area contributed by atoms with Gasteiger partial charge in [0.1, 0.15) is 12.4 Å². The lowest BCUT2D eigenvalue weighted by Gasteiger charge is -2.10. The summed E-state index contributed by atoms with van der Waals surface area (Å²) in [4.78, 5) is 11.9. The number of rotatable bonds is 7. The minimum atomic E-state index is 0.0666. The predicted octanol–water partition coefficient (Wildman–Crippen LogP) is 4.05. The summed E-state index contributed by atoms with van der Waals surface area (Å²) in [6.07, 6.45) is 1.27. The Balaban J connectivity index is 1.67. The van der Waals surface area contributed by atoms with E-state index in [0.29, 0.717) is 19.6 Å². The predicted molar refractivity (Wildman–Crippen MR) is 98.7 cm³/mol. The Morgan fingerprint density at radius 1 is 0.917 bits per heavy atom. The second-order valence-electron chi connectivity index (χ2n) is 6.36. The summed E-state index contributed by atoms with van der Waals surface area (Å²) in [7, 11) is 0. The number of amides is 1. The maximum Gasteiger partial charge on any atom is 0.220 e. The molecule has 0 spiro atoms. The molecule has 0 radical (unpaired) electrons. The van der Waals surface area contributed by atoms with Crippen LogP contribution in [0.5, 0.6) is 5.75 Å². The highest BCUT2D eigenvalue weighted by molar-refractivity contribution is 5.76. The van der Waals surface area contributed by atoms with E-state index >= 15 is 0 Å². The van der Waals surface area contributed by atoms with E-state index in [-0.39, 0.29) is 5.91 Å². The Hall–Kier alpha value is -2.29. The summed E-state index contributed by atoms with van der Waals surface area (Å²) < 4.78 is 5.67. The lowest BCUT2D eigenvalue weighted by atomic mass is 10.0. The van der Waals surface area contributed by atoms with Crippen molar-refractivity contribution in [3.05, 3.63) is 64.2 Å². The first-order valence-corrected chi connectivity index (χ1v) is 8.48. The number of hydrogen-bond acceptors (Lipinski definition) is 2. The van der Waals surface area contributed by atoms with Crippen molar-refractivity contribution in [1.82, 2.24) is 5.32 Å². The molecule has 0 aliphatic carbocycles. The van der Waals surface area contributed by atoms with E-state index in [9.17, 15) is 4.79 Å². The maximum atomic E-state index is 11.9. The Bertz CT molecular complexity index is 707. The zero-order chi connectivity index (χ0) is 17.5. The van der Waals surface area contributed by atoms with Crippen molar-refractivity contribution in [2.45, 2.75) is 40.5 Å². The van der Waals surface area contributed by atoms with E-state index < -0.39 is 0 Å².